The Balaban J connectivity index is 1.48. The predicted molar refractivity (Wildman–Crippen MR) is 134 cm³/mol. The molecule has 1 aromatic carbocycles. The lowest BCUT2D eigenvalue weighted by Gasteiger charge is -2.34. The number of benzene rings is 1. The number of likely N-dealkylation sites (tertiary alicyclic amines) is 1. The molecular weight excluding hydrogens is 486 g/mol. The summed E-state index contributed by atoms with van der Waals surface area (Å²) < 4.78 is 55.3. The second kappa shape index (κ2) is 10.1. The number of nitrogens with one attached hydrogen (secondary N) is 1. The van der Waals surface area contributed by atoms with Crippen molar-refractivity contribution in [3.63, 3.8) is 0 Å². The number of hydrogen-bond donors (Lipinski definition) is 1. The number of alkyl halides is 3. The number of aryl methyl sites for hydroxylation is 1. The fraction of sp³-hybridized carbons (Fsp3) is 0.423. The van der Waals surface area contributed by atoms with Crippen LogP contribution in [0, 0.1) is 12.7 Å². The van der Waals surface area contributed by atoms with Gasteiger partial charge in [-0.2, -0.15) is 18.3 Å². The zero-order chi connectivity index (χ0) is 26.2. The van der Waals surface area contributed by atoms with Gasteiger partial charge in [-0.05, 0) is 69.1 Å². The average Bonchev–Trinajstić information content (AvgIpc) is 3.44. The third-order valence-electron chi connectivity index (χ3n) is 6.88. The maximum Gasteiger partial charge on any atom is 0.389 e. The maximum absolute atomic E-state index is 13.7. The molecule has 3 aromatic heterocycles. The molecule has 1 aliphatic heterocycles. The van der Waals surface area contributed by atoms with Gasteiger partial charge in [0.2, 0.25) is 0 Å². The molecule has 0 atom stereocenters. The van der Waals surface area contributed by atoms with E-state index in [4.69, 9.17) is 10.1 Å². The van der Waals surface area contributed by atoms with Crippen molar-refractivity contribution in [1.29, 1.82) is 0 Å². The minimum absolute atomic E-state index is 0.113. The van der Waals surface area contributed by atoms with Crippen LogP contribution in [0.25, 0.3) is 28.3 Å². The first-order chi connectivity index (χ1) is 17.7. The van der Waals surface area contributed by atoms with Crippen molar-refractivity contribution in [1.82, 2.24) is 29.0 Å². The van der Waals surface area contributed by atoms with Crippen LogP contribution in [0.5, 0.6) is 0 Å². The Morgan fingerprint density at radius 3 is 2.43 bits per heavy atom. The van der Waals surface area contributed by atoms with Gasteiger partial charge >= 0.3 is 6.18 Å². The number of hydrogen-bond acceptors (Lipinski definition) is 5. The van der Waals surface area contributed by atoms with E-state index in [2.05, 4.69) is 19.8 Å². The second-order valence-corrected chi connectivity index (χ2v) is 9.42. The van der Waals surface area contributed by atoms with Crippen LogP contribution in [-0.2, 0) is 0 Å². The highest BCUT2D eigenvalue weighted by molar-refractivity contribution is 5.77. The van der Waals surface area contributed by atoms with Gasteiger partial charge < -0.3 is 14.8 Å². The lowest BCUT2D eigenvalue weighted by Crippen LogP contribution is -2.36. The van der Waals surface area contributed by atoms with Gasteiger partial charge in [0.25, 0.3) is 0 Å². The first-order valence-corrected chi connectivity index (χ1v) is 12.4. The summed E-state index contributed by atoms with van der Waals surface area (Å²) in [5.74, 6) is 1.19. The fourth-order valence-corrected chi connectivity index (χ4v) is 5.08. The smallest absolute Gasteiger partial charge is 0.372 e. The lowest BCUT2D eigenvalue weighted by molar-refractivity contribution is -0.136. The third kappa shape index (κ3) is 5.46. The Bertz CT molecular complexity index is 1370. The van der Waals surface area contributed by atoms with Crippen molar-refractivity contribution in [3.05, 3.63) is 54.2 Å². The first kappa shape index (κ1) is 25.2. The molecule has 0 unspecified atom stereocenters. The van der Waals surface area contributed by atoms with Gasteiger partial charge in [-0.15, -0.1) is 0 Å². The summed E-state index contributed by atoms with van der Waals surface area (Å²) in [5, 5.41) is 7.85. The maximum atomic E-state index is 13.7. The van der Waals surface area contributed by atoms with Crippen LogP contribution in [0.4, 0.5) is 23.4 Å². The quantitative estimate of drug-likeness (QED) is 0.319. The van der Waals surface area contributed by atoms with Crippen LogP contribution >= 0.6 is 0 Å². The first-order valence-electron chi connectivity index (χ1n) is 12.4. The number of fused-ring (bicyclic) bond motifs is 1. The molecule has 1 fully saturated rings. The number of rotatable bonds is 7. The van der Waals surface area contributed by atoms with E-state index in [1.165, 1.54) is 12.1 Å². The number of aromatic nitrogens is 5. The van der Waals surface area contributed by atoms with Crippen molar-refractivity contribution in [3.8, 4) is 22.6 Å². The summed E-state index contributed by atoms with van der Waals surface area (Å²) in [6.45, 7) is 3.81. The summed E-state index contributed by atoms with van der Waals surface area (Å²) in [7, 11) is 1.79. The highest BCUT2D eigenvalue weighted by Crippen LogP contribution is 2.37. The van der Waals surface area contributed by atoms with Crippen LogP contribution in [0.1, 0.15) is 37.5 Å². The monoisotopic (exact) mass is 515 g/mol. The standard InChI is InChI=1S/C26H29F4N7/c1-17-32-24(18-4-6-19(27)7-5-18)25(21-8-9-23-33-22(31-2)16-36(23)34-21)37(17)20-10-14-35(15-11-20)13-3-12-26(28,29)30/h4-9,16,20,31H,3,10-15H2,1-2H3. The van der Waals surface area contributed by atoms with Gasteiger partial charge in [-0.25, -0.2) is 18.9 Å². The molecule has 7 nitrogen and oxygen atoms in total. The van der Waals surface area contributed by atoms with Crippen LogP contribution in [-0.4, -0.2) is 61.9 Å². The molecule has 1 saturated heterocycles. The van der Waals surface area contributed by atoms with Gasteiger partial charge in [-0.1, -0.05) is 0 Å². The molecule has 37 heavy (non-hydrogen) atoms. The molecule has 4 heterocycles. The van der Waals surface area contributed by atoms with Crippen molar-refractivity contribution in [2.24, 2.45) is 0 Å². The zero-order valence-electron chi connectivity index (χ0n) is 20.8. The summed E-state index contributed by atoms with van der Waals surface area (Å²) in [4.78, 5) is 11.5. The molecular formula is C26H29F4N7. The Hall–Kier alpha value is -3.47. The van der Waals surface area contributed by atoms with Gasteiger partial charge in [0.15, 0.2) is 5.65 Å². The van der Waals surface area contributed by atoms with Crippen LogP contribution in [0.15, 0.2) is 42.6 Å². The Kier molecular flexibility index (Phi) is 6.89. The number of imidazole rings is 2. The van der Waals surface area contributed by atoms with Crippen molar-refractivity contribution >= 4 is 11.5 Å². The van der Waals surface area contributed by atoms with Crippen molar-refractivity contribution < 1.29 is 17.6 Å². The molecule has 1 N–H and O–H groups in total. The van der Waals surface area contributed by atoms with E-state index in [1.54, 1.807) is 23.7 Å². The van der Waals surface area contributed by atoms with Crippen molar-refractivity contribution in [2.75, 3.05) is 32.0 Å². The molecule has 0 saturated carbocycles. The van der Waals surface area contributed by atoms with E-state index in [0.29, 0.717) is 42.5 Å². The van der Waals surface area contributed by atoms with E-state index in [9.17, 15) is 17.6 Å². The number of anilines is 1. The molecule has 0 radical (unpaired) electrons. The molecule has 196 valence electrons. The Labute approximate surface area is 212 Å². The normalized spacial score (nSPS) is 15.5. The SMILES string of the molecule is CNc1cn2nc(-c3c(-c4ccc(F)cc4)nc(C)n3C3CCN(CCCC(F)(F)F)CC3)ccc2n1. The molecule has 4 aromatic rings. The van der Waals surface area contributed by atoms with Crippen molar-refractivity contribution in [2.45, 2.75) is 44.8 Å². The van der Waals surface area contributed by atoms with Gasteiger partial charge in [0, 0.05) is 38.2 Å². The minimum atomic E-state index is -4.12. The molecule has 0 amide bonds. The minimum Gasteiger partial charge on any atom is -0.372 e. The molecule has 1 aliphatic rings. The fourth-order valence-electron chi connectivity index (χ4n) is 5.08. The van der Waals surface area contributed by atoms with E-state index in [1.807, 2.05) is 25.3 Å². The molecule has 0 bridgehead atoms. The van der Waals surface area contributed by atoms with Crippen LogP contribution in [0.2, 0.25) is 0 Å². The highest BCUT2D eigenvalue weighted by atomic mass is 19.4. The molecule has 11 heteroatoms. The third-order valence-corrected chi connectivity index (χ3v) is 6.88. The van der Waals surface area contributed by atoms with E-state index < -0.39 is 12.6 Å². The largest absolute Gasteiger partial charge is 0.389 e. The lowest BCUT2D eigenvalue weighted by atomic mass is 10.0. The topological polar surface area (TPSA) is 63.3 Å². The van der Waals surface area contributed by atoms with Gasteiger partial charge in [0.1, 0.15) is 23.2 Å². The number of nitrogens with zero attached hydrogens (tertiary/aromatic N) is 6. The Morgan fingerprint density at radius 1 is 1.03 bits per heavy atom. The summed E-state index contributed by atoms with van der Waals surface area (Å²) >= 11 is 0. The second-order valence-electron chi connectivity index (χ2n) is 9.42. The van der Waals surface area contributed by atoms with E-state index in [0.717, 1.165) is 29.9 Å². The van der Waals surface area contributed by atoms with Crippen LogP contribution in [0.3, 0.4) is 0 Å². The Morgan fingerprint density at radius 2 is 1.76 bits per heavy atom. The average molecular weight is 516 g/mol. The molecule has 0 spiro atoms. The van der Waals surface area contributed by atoms with E-state index in [-0.39, 0.29) is 18.3 Å². The summed E-state index contributed by atoms with van der Waals surface area (Å²) in [6.07, 6.45) is -1.37. The zero-order valence-corrected chi connectivity index (χ0v) is 20.8. The van der Waals surface area contributed by atoms with E-state index >= 15 is 0 Å². The van der Waals surface area contributed by atoms with Gasteiger partial charge in [0.05, 0.1) is 17.6 Å². The summed E-state index contributed by atoms with van der Waals surface area (Å²) in [6, 6.07) is 10.2. The highest BCUT2D eigenvalue weighted by Gasteiger charge is 2.30. The van der Waals surface area contributed by atoms with Crippen LogP contribution < -0.4 is 5.32 Å². The number of piperidine rings is 1. The van der Waals surface area contributed by atoms with Gasteiger partial charge in [-0.3, -0.25) is 0 Å². The number of halogens is 4. The molecule has 0 aliphatic carbocycles. The summed E-state index contributed by atoms with van der Waals surface area (Å²) in [5.41, 5.74) is 3.74. The molecule has 5 rings (SSSR count). The predicted octanol–water partition coefficient (Wildman–Crippen LogP) is 5.73.